The van der Waals surface area contributed by atoms with E-state index in [2.05, 4.69) is 5.32 Å². The summed E-state index contributed by atoms with van der Waals surface area (Å²) in [5.41, 5.74) is 2.99. The van der Waals surface area contributed by atoms with E-state index in [0.717, 1.165) is 16.8 Å². The third kappa shape index (κ3) is 2.62. The molecule has 3 rings (SSSR count). The lowest BCUT2D eigenvalue weighted by Gasteiger charge is -2.03. The monoisotopic (exact) mass is 319 g/mol. The Balaban J connectivity index is 2.05. The normalized spacial score (nSPS) is 15.0. The molecule has 0 saturated heterocycles. The molecule has 1 aliphatic rings. The SMILES string of the molecule is COc1ccc2c(c1)NC(=O)/C2=C/c1ccc(Cl)c(Cl)c1. The van der Waals surface area contributed by atoms with E-state index in [4.69, 9.17) is 27.9 Å². The van der Waals surface area contributed by atoms with Crippen molar-refractivity contribution >= 4 is 46.4 Å². The van der Waals surface area contributed by atoms with Crippen molar-refractivity contribution in [2.45, 2.75) is 0 Å². The molecule has 0 bridgehead atoms. The van der Waals surface area contributed by atoms with Gasteiger partial charge in [-0.3, -0.25) is 4.79 Å². The Kier molecular flexibility index (Phi) is 3.62. The highest BCUT2D eigenvalue weighted by Gasteiger charge is 2.24. The van der Waals surface area contributed by atoms with Gasteiger partial charge in [-0.25, -0.2) is 0 Å². The van der Waals surface area contributed by atoms with E-state index < -0.39 is 0 Å². The molecule has 0 saturated carbocycles. The number of benzene rings is 2. The van der Waals surface area contributed by atoms with Crippen molar-refractivity contribution in [3.63, 3.8) is 0 Å². The number of methoxy groups -OCH3 is 1. The maximum atomic E-state index is 12.1. The minimum absolute atomic E-state index is 0.149. The molecule has 3 nitrogen and oxygen atoms in total. The Hall–Kier alpha value is -1.97. The van der Waals surface area contributed by atoms with Gasteiger partial charge in [-0.1, -0.05) is 29.3 Å². The standard InChI is InChI=1S/C16H11Cl2NO2/c1-21-10-3-4-11-12(16(20)19-15(11)8-10)6-9-2-5-13(17)14(18)7-9/h2-8H,1H3,(H,19,20)/b12-6+. The molecule has 106 valence electrons. The summed E-state index contributed by atoms with van der Waals surface area (Å²) < 4.78 is 5.15. The minimum atomic E-state index is -0.149. The fraction of sp³-hybridized carbons (Fsp3) is 0.0625. The Morgan fingerprint density at radius 3 is 2.62 bits per heavy atom. The first-order chi connectivity index (χ1) is 10.1. The number of carbonyl (C=O) groups is 1. The predicted octanol–water partition coefficient (Wildman–Crippen LogP) is 4.49. The Morgan fingerprint density at radius 1 is 1.10 bits per heavy atom. The number of fused-ring (bicyclic) bond motifs is 1. The summed E-state index contributed by atoms with van der Waals surface area (Å²) in [6.07, 6.45) is 1.79. The second kappa shape index (κ2) is 5.43. The molecule has 0 aromatic heterocycles. The molecule has 21 heavy (non-hydrogen) atoms. The Bertz CT molecular complexity index is 769. The molecule has 0 aliphatic carbocycles. The van der Waals surface area contributed by atoms with Crippen LogP contribution in [0, 0.1) is 0 Å². The van der Waals surface area contributed by atoms with Crippen molar-refractivity contribution in [3.8, 4) is 5.75 Å². The van der Waals surface area contributed by atoms with E-state index in [-0.39, 0.29) is 5.91 Å². The molecule has 0 atom stereocenters. The third-order valence-corrected chi connectivity index (χ3v) is 4.00. The van der Waals surface area contributed by atoms with Crippen LogP contribution in [0.3, 0.4) is 0 Å². The van der Waals surface area contributed by atoms with Crippen LogP contribution < -0.4 is 10.1 Å². The van der Waals surface area contributed by atoms with E-state index >= 15 is 0 Å². The molecule has 5 heteroatoms. The van der Waals surface area contributed by atoms with Crippen LogP contribution in [0.5, 0.6) is 5.75 Å². The lowest BCUT2D eigenvalue weighted by atomic mass is 10.0. The molecule has 1 heterocycles. The fourth-order valence-corrected chi connectivity index (χ4v) is 2.52. The molecule has 0 unspecified atom stereocenters. The second-order valence-electron chi connectivity index (χ2n) is 4.60. The van der Waals surface area contributed by atoms with Gasteiger partial charge >= 0.3 is 0 Å². The highest BCUT2D eigenvalue weighted by Crippen LogP contribution is 2.36. The zero-order chi connectivity index (χ0) is 15.0. The van der Waals surface area contributed by atoms with E-state index in [1.807, 2.05) is 18.2 Å². The van der Waals surface area contributed by atoms with Crippen molar-refractivity contribution < 1.29 is 9.53 Å². The summed E-state index contributed by atoms with van der Waals surface area (Å²) in [4.78, 5) is 12.1. The smallest absolute Gasteiger partial charge is 0.256 e. The lowest BCUT2D eigenvalue weighted by Crippen LogP contribution is -2.03. The number of nitrogens with one attached hydrogen (secondary N) is 1. The van der Waals surface area contributed by atoms with Gasteiger partial charge in [0.25, 0.3) is 5.91 Å². The van der Waals surface area contributed by atoms with E-state index in [1.165, 1.54) is 0 Å². The number of amides is 1. The van der Waals surface area contributed by atoms with Gasteiger partial charge in [-0.2, -0.15) is 0 Å². The zero-order valence-electron chi connectivity index (χ0n) is 11.1. The number of carbonyl (C=O) groups excluding carboxylic acids is 1. The summed E-state index contributed by atoms with van der Waals surface area (Å²) in [6, 6.07) is 10.7. The number of hydrogen-bond donors (Lipinski definition) is 1. The van der Waals surface area contributed by atoms with Crippen LogP contribution in [0.2, 0.25) is 10.0 Å². The van der Waals surface area contributed by atoms with Crippen LogP contribution in [0.15, 0.2) is 36.4 Å². The van der Waals surface area contributed by atoms with Gasteiger partial charge in [-0.05, 0) is 35.9 Å². The summed E-state index contributed by atoms with van der Waals surface area (Å²) >= 11 is 11.9. The van der Waals surface area contributed by atoms with Crippen molar-refractivity contribution in [2.75, 3.05) is 12.4 Å². The molecule has 0 radical (unpaired) electrons. The van der Waals surface area contributed by atoms with Gasteiger partial charge in [0.2, 0.25) is 0 Å². The van der Waals surface area contributed by atoms with Gasteiger partial charge in [0.15, 0.2) is 0 Å². The first-order valence-corrected chi connectivity index (χ1v) is 7.00. The maximum absolute atomic E-state index is 12.1. The fourth-order valence-electron chi connectivity index (χ4n) is 2.21. The van der Waals surface area contributed by atoms with E-state index in [0.29, 0.717) is 21.4 Å². The van der Waals surface area contributed by atoms with Gasteiger partial charge in [0.05, 0.1) is 22.8 Å². The van der Waals surface area contributed by atoms with Crippen LogP contribution in [0.25, 0.3) is 11.6 Å². The third-order valence-electron chi connectivity index (χ3n) is 3.26. The average Bonchev–Trinajstić information content (AvgIpc) is 2.78. The summed E-state index contributed by atoms with van der Waals surface area (Å²) in [6.45, 7) is 0. The van der Waals surface area contributed by atoms with Crippen molar-refractivity contribution in [2.24, 2.45) is 0 Å². The first-order valence-electron chi connectivity index (χ1n) is 6.25. The molecule has 0 spiro atoms. The summed E-state index contributed by atoms with van der Waals surface area (Å²) in [7, 11) is 1.59. The summed E-state index contributed by atoms with van der Waals surface area (Å²) in [5.74, 6) is 0.550. The maximum Gasteiger partial charge on any atom is 0.256 e. The van der Waals surface area contributed by atoms with Crippen molar-refractivity contribution in [1.29, 1.82) is 0 Å². The van der Waals surface area contributed by atoms with Crippen molar-refractivity contribution in [3.05, 3.63) is 57.6 Å². The van der Waals surface area contributed by atoms with E-state index in [9.17, 15) is 4.79 Å². The largest absolute Gasteiger partial charge is 0.497 e. The first kappa shape index (κ1) is 14.0. The van der Waals surface area contributed by atoms with Gasteiger partial charge in [0.1, 0.15) is 5.75 Å². The van der Waals surface area contributed by atoms with Crippen LogP contribution in [0.1, 0.15) is 11.1 Å². The number of hydrogen-bond acceptors (Lipinski definition) is 2. The molecular formula is C16H11Cl2NO2. The molecule has 2 aromatic carbocycles. The number of halogens is 2. The topological polar surface area (TPSA) is 38.3 Å². The molecule has 1 N–H and O–H groups in total. The lowest BCUT2D eigenvalue weighted by molar-refractivity contribution is -0.110. The molecule has 1 amide bonds. The van der Waals surface area contributed by atoms with Crippen LogP contribution in [0.4, 0.5) is 5.69 Å². The van der Waals surface area contributed by atoms with Gasteiger partial charge in [-0.15, -0.1) is 0 Å². The number of rotatable bonds is 2. The number of anilines is 1. The van der Waals surface area contributed by atoms with Crippen LogP contribution >= 0.6 is 23.2 Å². The van der Waals surface area contributed by atoms with Crippen LogP contribution in [-0.2, 0) is 4.79 Å². The zero-order valence-corrected chi connectivity index (χ0v) is 12.6. The Labute approximate surface area is 132 Å². The number of ether oxygens (including phenoxy) is 1. The molecule has 1 aliphatic heterocycles. The predicted molar refractivity (Wildman–Crippen MR) is 86.0 cm³/mol. The minimum Gasteiger partial charge on any atom is -0.497 e. The van der Waals surface area contributed by atoms with Gasteiger partial charge in [0, 0.05) is 17.2 Å². The highest BCUT2D eigenvalue weighted by molar-refractivity contribution is 6.42. The highest BCUT2D eigenvalue weighted by atomic mass is 35.5. The van der Waals surface area contributed by atoms with Crippen LogP contribution in [-0.4, -0.2) is 13.0 Å². The molecular weight excluding hydrogens is 309 g/mol. The molecule has 0 fully saturated rings. The van der Waals surface area contributed by atoms with Gasteiger partial charge < -0.3 is 10.1 Å². The average molecular weight is 320 g/mol. The van der Waals surface area contributed by atoms with E-state index in [1.54, 1.807) is 31.4 Å². The summed E-state index contributed by atoms with van der Waals surface area (Å²) in [5, 5.41) is 3.77. The second-order valence-corrected chi connectivity index (χ2v) is 5.41. The Morgan fingerprint density at radius 2 is 1.90 bits per heavy atom. The van der Waals surface area contributed by atoms with Crippen molar-refractivity contribution in [1.82, 2.24) is 0 Å². The quantitative estimate of drug-likeness (QED) is 0.828. The molecule has 2 aromatic rings.